The predicted octanol–water partition coefficient (Wildman–Crippen LogP) is 2.93. The number of piperazine rings is 1. The van der Waals surface area contributed by atoms with Crippen molar-refractivity contribution in [2.75, 3.05) is 44.2 Å². The maximum absolute atomic E-state index is 13.1. The number of amides is 2. The highest BCUT2D eigenvalue weighted by molar-refractivity contribution is 5.80. The van der Waals surface area contributed by atoms with Crippen LogP contribution in [0.1, 0.15) is 5.69 Å². The van der Waals surface area contributed by atoms with Gasteiger partial charge in [-0.15, -0.1) is 0 Å². The van der Waals surface area contributed by atoms with E-state index in [9.17, 15) is 9.18 Å². The summed E-state index contributed by atoms with van der Waals surface area (Å²) in [5.74, 6) is -0.207. The Labute approximate surface area is 169 Å². The third kappa shape index (κ3) is 5.06. The molecule has 1 saturated heterocycles. The highest BCUT2D eigenvalue weighted by atomic mass is 19.1. The fourth-order valence-electron chi connectivity index (χ4n) is 3.68. The summed E-state index contributed by atoms with van der Waals surface area (Å²) in [4.78, 5) is 19.9. The molecule has 0 radical (unpaired) electrons. The van der Waals surface area contributed by atoms with Crippen molar-refractivity contribution in [3.05, 3.63) is 66.1 Å². The minimum Gasteiger partial charge on any atom is -0.369 e. The number of urea groups is 1. The number of nitrogens with zero attached hydrogens (tertiary/aromatic N) is 2. The van der Waals surface area contributed by atoms with Crippen LogP contribution in [0.2, 0.25) is 0 Å². The molecule has 0 spiro atoms. The van der Waals surface area contributed by atoms with Crippen LogP contribution in [-0.2, 0) is 6.54 Å². The fraction of sp³-hybridized carbons (Fsp3) is 0.318. The first-order chi connectivity index (χ1) is 14.2. The third-order valence-electron chi connectivity index (χ3n) is 5.30. The van der Waals surface area contributed by atoms with Crippen LogP contribution in [0.3, 0.4) is 0 Å². The standard InChI is InChI=1S/C22H26FN5O/c23-18-5-7-20(8-6-18)28-13-11-27(12-14-28)10-9-24-22(29)25-16-19-15-17-3-1-2-4-21(17)26-19/h1-8,15,26H,9-14,16H2,(H2,24,25,29). The molecule has 6 nitrogen and oxygen atoms in total. The molecule has 2 heterocycles. The first-order valence-electron chi connectivity index (χ1n) is 9.98. The molecule has 1 aromatic heterocycles. The topological polar surface area (TPSA) is 63.4 Å². The lowest BCUT2D eigenvalue weighted by Crippen LogP contribution is -2.49. The van der Waals surface area contributed by atoms with Gasteiger partial charge in [-0.25, -0.2) is 9.18 Å². The number of para-hydroxylation sites is 1. The molecule has 3 aromatic rings. The summed E-state index contributed by atoms with van der Waals surface area (Å²) in [5.41, 5.74) is 3.11. The summed E-state index contributed by atoms with van der Waals surface area (Å²) in [7, 11) is 0. The number of hydrogen-bond acceptors (Lipinski definition) is 3. The molecule has 0 atom stereocenters. The Balaban J connectivity index is 1.14. The van der Waals surface area contributed by atoms with Crippen molar-refractivity contribution in [1.82, 2.24) is 20.5 Å². The van der Waals surface area contributed by atoms with Crippen LogP contribution in [0.15, 0.2) is 54.6 Å². The molecule has 2 aromatic carbocycles. The summed E-state index contributed by atoms with van der Waals surface area (Å²) in [6.07, 6.45) is 0. The number of aromatic amines is 1. The van der Waals surface area contributed by atoms with Gasteiger partial charge in [0, 0.05) is 56.2 Å². The normalized spacial score (nSPS) is 14.9. The van der Waals surface area contributed by atoms with Gasteiger partial charge in [0.15, 0.2) is 0 Å². The van der Waals surface area contributed by atoms with Crippen molar-refractivity contribution >= 4 is 22.6 Å². The van der Waals surface area contributed by atoms with Gasteiger partial charge in [0.1, 0.15) is 5.82 Å². The fourth-order valence-corrected chi connectivity index (χ4v) is 3.68. The molecule has 7 heteroatoms. The van der Waals surface area contributed by atoms with E-state index in [4.69, 9.17) is 0 Å². The van der Waals surface area contributed by atoms with Gasteiger partial charge in [0.2, 0.25) is 0 Å². The molecule has 152 valence electrons. The van der Waals surface area contributed by atoms with Gasteiger partial charge in [-0.1, -0.05) is 18.2 Å². The van der Waals surface area contributed by atoms with Crippen LogP contribution in [0.25, 0.3) is 10.9 Å². The molecular weight excluding hydrogens is 369 g/mol. The number of H-pyrrole nitrogens is 1. The summed E-state index contributed by atoms with van der Waals surface area (Å²) in [6.45, 7) is 5.55. The average molecular weight is 395 g/mol. The number of carbonyl (C=O) groups excluding carboxylic acids is 1. The SMILES string of the molecule is O=C(NCCN1CCN(c2ccc(F)cc2)CC1)NCc1cc2ccccc2[nH]1. The maximum Gasteiger partial charge on any atom is 0.315 e. The molecule has 0 bridgehead atoms. The number of rotatable bonds is 6. The number of anilines is 1. The first-order valence-corrected chi connectivity index (χ1v) is 9.98. The van der Waals surface area contributed by atoms with Crippen molar-refractivity contribution in [1.29, 1.82) is 0 Å². The Kier molecular flexibility index (Phi) is 5.95. The largest absolute Gasteiger partial charge is 0.369 e. The molecular formula is C22H26FN5O. The van der Waals surface area contributed by atoms with Crippen LogP contribution in [0, 0.1) is 5.82 Å². The molecule has 1 fully saturated rings. The van der Waals surface area contributed by atoms with Crippen LogP contribution in [0.5, 0.6) is 0 Å². The molecule has 1 aliphatic rings. The summed E-state index contributed by atoms with van der Waals surface area (Å²) < 4.78 is 13.1. The molecule has 0 unspecified atom stereocenters. The van der Waals surface area contributed by atoms with Crippen LogP contribution < -0.4 is 15.5 Å². The molecule has 3 N–H and O–H groups in total. The van der Waals surface area contributed by atoms with Crippen LogP contribution >= 0.6 is 0 Å². The zero-order valence-electron chi connectivity index (χ0n) is 16.3. The number of benzene rings is 2. The number of fused-ring (bicyclic) bond motifs is 1. The van der Waals surface area contributed by atoms with E-state index in [-0.39, 0.29) is 11.8 Å². The Morgan fingerprint density at radius 2 is 1.76 bits per heavy atom. The summed E-state index contributed by atoms with van der Waals surface area (Å²) >= 11 is 0. The number of halogens is 1. The summed E-state index contributed by atoms with van der Waals surface area (Å²) in [6, 6.07) is 16.6. The second-order valence-electron chi connectivity index (χ2n) is 7.30. The smallest absolute Gasteiger partial charge is 0.315 e. The monoisotopic (exact) mass is 395 g/mol. The van der Waals surface area contributed by atoms with E-state index in [0.717, 1.165) is 55.0 Å². The van der Waals surface area contributed by atoms with Gasteiger partial charge in [-0.05, 0) is 41.8 Å². The second kappa shape index (κ2) is 8.96. The zero-order chi connectivity index (χ0) is 20.1. The van der Waals surface area contributed by atoms with Gasteiger partial charge in [-0.3, -0.25) is 4.90 Å². The maximum atomic E-state index is 13.1. The van der Waals surface area contributed by atoms with E-state index >= 15 is 0 Å². The third-order valence-corrected chi connectivity index (χ3v) is 5.30. The van der Waals surface area contributed by atoms with E-state index in [1.54, 1.807) is 0 Å². The van der Waals surface area contributed by atoms with Crippen molar-refractivity contribution in [3.8, 4) is 0 Å². The molecule has 2 amide bonds. The van der Waals surface area contributed by atoms with Gasteiger partial charge in [0.05, 0.1) is 6.54 Å². The van der Waals surface area contributed by atoms with E-state index in [1.807, 2.05) is 36.4 Å². The van der Waals surface area contributed by atoms with Crippen molar-refractivity contribution in [2.24, 2.45) is 0 Å². The van der Waals surface area contributed by atoms with E-state index in [1.165, 1.54) is 12.1 Å². The number of carbonyl (C=O) groups is 1. The van der Waals surface area contributed by atoms with Crippen LogP contribution in [0.4, 0.5) is 14.9 Å². The van der Waals surface area contributed by atoms with Gasteiger partial charge in [0.25, 0.3) is 0 Å². The van der Waals surface area contributed by atoms with Gasteiger partial charge < -0.3 is 20.5 Å². The lowest BCUT2D eigenvalue weighted by Gasteiger charge is -2.36. The molecule has 29 heavy (non-hydrogen) atoms. The summed E-state index contributed by atoms with van der Waals surface area (Å²) in [5, 5.41) is 6.96. The minimum absolute atomic E-state index is 0.159. The Hall–Kier alpha value is -3.06. The van der Waals surface area contributed by atoms with E-state index in [2.05, 4.69) is 31.5 Å². The highest BCUT2D eigenvalue weighted by Crippen LogP contribution is 2.17. The van der Waals surface area contributed by atoms with Crippen molar-refractivity contribution < 1.29 is 9.18 Å². The molecule has 0 saturated carbocycles. The zero-order valence-corrected chi connectivity index (χ0v) is 16.3. The molecule has 0 aliphatic carbocycles. The predicted molar refractivity (Wildman–Crippen MR) is 114 cm³/mol. The Bertz CT molecular complexity index is 914. The lowest BCUT2D eigenvalue weighted by atomic mass is 10.2. The van der Waals surface area contributed by atoms with Crippen LogP contribution in [-0.4, -0.2) is 55.2 Å². The van der Waals surface area contributed by atoms with E-state index in [0.29, 0.717) is 13.1 Å². The molecule has 1 aliphatic heterocycles. The lowest BCUT2D eigenvalue weighted by molar-refractivity contribution is 0.231. The van der Waals surface area contributed by atoms with Crippen molar-refractivity contribution in [2.45, 2.75) is 6.54 Å². The minimum atomic E-state index is -0.207. The number of aromatic nitrogens is 1. The van der Waals surface area contributed by atoms with Gasteiger partial charge in [-0.2, -0.15) is 0 Å². The van der Waals surface area contributed by atoms with E-state index < -0.39 is 0 Å². The average Bonchev–Trinajstić information content (AvgIpc) is 3.16. The number of hydrogen-bond donors (Lipinski definition) is 3. The molecule has 4 rings (SSSR count). The number of nitrogens with one attached hydrogen (secondary N) is 3. The second-order valence-corrected chi connectivity index (χ2v) is 7.30. The quantitative estimate of drug-likeness (QED) is 0.601. The Morgan fingerprint density at radius 1 is 1.00 bits per heavy atom. The highest BCUT2D eigenvalue weighted by Gasteiger charge is 2.17. The first kappa shape index (κ1) is 19.3. The van der Waals surface area contributed by atoms with Crippen molar-refractivity contribution in [3.63, 3.8) is 0 Å². The Morgan fingerprint density at radius 3 is 2.52 bits per heavy atom. The van der Waals surface area contributed by atoms with Gasteiger partial charge >= 0.3 is 6.03 Å².